The molecule has 0 bridgehead atoms. The maximum atomic E-state index is 5.65. The van der Waals surface area contributed by atoms with Gasteiger partial charge in [0.1, 0.15) is 0 Å². The summed E-state index contributed by atoms with van der Waals surface area (Å²) in [5, 5.41) is 0. The van der Waals surface area contributed by atoms with E-state index in [2.05, 4.69) is 18.0 Å². The van der Waals surface area contributed by atoms with Gasteiger partial charge in [0.2, 0.25) is 0 Å². The van der Waals surface area contributed by atoms with E-state index < -0.39 is 0 Å². The summed E-state index contributed by atoms with van der Waals surface area (Å²) in [6.45, 7) is 4.05. The van der Waals surface area contributed by atoms with Crippen molar-refractivity contribution in [2.24, 2.45) is 5.73 Å². The molecule has 0 aliphatic heterocycles. The Kier molecular flexibility index (Phi) is 2.60. The van der Waals surface area contributed by atoms with Crippen molar-refractivity contribution in [3.05, 3.63) is 29.6 Å². The average Bonchev–Trinajstić information content (AvgIpc) is 1.93. The molecule has 1 aromatic heterocycles. The van der Waals surface area contributed by atoms with Crippen LogP contribution in [0.25, 0.3) is 0 Å². The predicted molar refractivity (Wildman–Crippen MR) is 46.3 cm³/mol. The molecule has 1 aromatic rings. The van der Waals surface area contributed by atoms with Gasteiger partial charge in [-0.3, -0.25) is 4.98 Å². The van der Waals surface area contributed by atoms with E-state index in [-0.39, 0.29) is 6.04 Å². The number of rotatable bonds is 2. The summed E-state index contributed by atoms with van der Waals surface area (Å²) in [5.41, 5.74) is 7.99. The van der Waals surface area contributed by atoms with Crippen LogP contribution in [-0.2, 0) is 6.42 Å². The second-order valence-electron chi connectivity index (χ2n) is 2.95. The molecule has 2 heteroatoms. The molecule has 0 amide bonds. The summed E-state index contributed by atoms with van der Waals surface area (Å²) < 4.78 is 0. The average molecular weight is 150 g/mol. The molecule has 0 aliphatic rings. The number of nitrogens with zero attached hydrogens (tertiary/aromatic N) is 1. The van der Waals surface area contributed by atoms with E-state index in [4.69, 9.17) is 5.73 Å². The lowest BCUT2D eigenvalue weighted by Crippen LogP contribution is -2.19. The van der Waals surface area contributed by atoms with Crippen LogP contribution in [0.15, 0.2) is 18.3 Å². The zero-order valence-corrected chi connectivity index (χ0v) is 7.04. The fourth-order valence-corrected chi connectivity index (χ4v) is 1.04. The third kappa shape index (κ3) is 2.31. The summed E-state index contributed by atoms with van der Waals surface area (Å²) in [5.74, 6) is 0. The Hall–Kier alpha value is -0.890. The zero-order valence-electron chi connectivity index (χ0n) is 7.04. The van der Waals surface area contributed by atoms with Gasteiger partial charge < -0.3 is 5.73 Å². The van der Waals surface area contributed by atoms with Crippen LogP contribution >= 0.6 is 0 Å². The lowest BCUT2D eigenvalue weighted by molar-refractivity contribution is 0.718. The van der Waals surface area contributed by atoms with E-state index >= 15 is 0 Å². The van der Waals surface area contributed by atoms with Gasteiger partial charge in [0.05, 0.1) is 0 Å². The van der Waals surface area contributed by atoms with E-state index in [0.29, 0.717) is 0 Å². The van der Waals surface area contributed by atoms with Crippen LogP contribution in [0.3, 0.4) is 0 Å². The monoisotopic (exact) mass is 150 g/mol. The Labute approximate surface area is 67.5 Å². The minimum Gasteiger partial charge on any atom is -0.328 e. The molecule has 11 heavy (non-hydrogen) atoms. The van der Waals surface area contributed by atoms with E-state index in [1.807, 2.05) is 19.2 Å². The first kappa shape index (κ1) is 8.21. The Morgan fingerprint density at radius 2 is 2.36 bits per heavy atom. The van der Waals surface area contributed by atoms with Crippen molar-refractivity contribution >= 4 is 0 Å². The van der Waals surface area contributed by atoms with Gasteiger partial charge in [0, 0.05) is 24.4 Å². The first-order valence-corrected chi connectivity index (χ1v) is 3.86. The molecule has 0 saturated carbocycles. The number of hydrogen-bond acceptors (Lipinski definition) is 2. The summed E-state index contributed by atoms with van der Waals surface area (Å²) in [6, 6.07) is 4.20. The second kappa shape index (κ2) is 3.49. The second-order valence-corrected chi connectivity index (χ2v) is 2.95. The molecule has 0 aliphatic carbocycles. The van der Waals surface area contributed by atoms with Gasteiger partial charge in [-0.15, -0.1) is 0 Å². The van der Waals surface area contributed by atoms with Crippen LogP contribution in [0.1, 0.15) is 18.2 Å². The van der Waals surface area contributed by atoms with Gasteiger partial charge >= 0.3 is 0 Å². The largest absolute Gasteiger partial charge is 0.328 e. The van der Waals surface area contributed by atoms with Gasteiger partial charge in [0.15, 0.2) is 0 Å². The molecule has 1 heterocycles. The van der Waals surface area contributed by atoms with Gasteiger partial charge in [-0.05, 0) is 25.5 Å². The smallest absolute Gasteiger partial charge is 0.0448 e. The van der Waals surface area contributed by atoms with E-state index in [9.17, 15) is 0 Å². The first-order chi connectivity index (χ1) is 5.20. The molecule has 2 nitrogen and oxygen atoms in total. The molecule has 1 atom stereocenters. The minimum absolute atomic E-state index is 0.198. The summed E-state index contributed by atoms with van der Waals surface area (Å²) >= 11 is 0. The lowest BCUT2D eigenvalue weighted by Gasteiger charge is -2.05. The highest BCUT2D eigenvalue weighted by atomic mass is 14.7. The number of nitrogens with two attached hydrogens (primary N) is 1. The molecule has 60 valence electrons. The van der Waals surface area contributed by atoms with Crippen LogP contribution in [-0.4, -0.2) is 11.0 Å². The third-order valence-corrected chi connectivity index (χ3v) is 1.63. The molecular formula is C9H14N2. The molecule has 1 rings (SSSR count). The van der Waals surface area contributed by atoms with Gasteiger partial charge in [-0.2, -0.15) is 0 Å². The molecular weight excluding hydrogens is 136 g/mol. The van der Waals surface area contributed by atoms with Crippen molar-refractivity contribution in [2.45, 2.75) is 26.3 Å². The van der Waals surface area contributed by atoms with Crippen molar-refractivity contribution in [3.8, 4) is 0 Å². The van der Waals surface area contributed by atoms with Crippen molar-refractivity contribution in [1.29, 1.82) is 0 Å². The molecule has 0 fully saturated rings. The predicted octanol–water partition coefficient (Wildman–Crippen LogP) is 1.28. The van der Waals surface area contributed by atoms with Crippen molar-refractivity contribution in [3.63, 3.8) is 0 Å². The van der Waals surface area contributed by atoms with E-state index in [0.717, 1.165) is 12.1 Å². The highest BCUT2D eigenvalue weighted by Crippen LogP contribution is 2.04. The van der Waals surface area contributed by atoms with Gasteiger partial charge in [-0.1, -0.05) is 6.07 Å². The Morgan fingerprint density at radius 1 is 1.64 bits per heavy atom. The molecule has 0 radical (unpaired) electrons. The van der Waals surface area contributed by atoms with Crippen LogP contribution in [0.5, 0.6) is 0 Å². The van der Waals surface area contributed by atoms with Crippen molar-refractivity contribution in [1.82, 2.24) is 4.98 Å². The summed E-state index contributed by atoms with van der Waals surface area (Å²) in [6.07, 6.45) is 2.68. The number of aromatic nitrogens is 1. The first-order valence-electron chi connectivity index (χ1n) is 3.86. The standard InChI is InChI=1S/C9H14N2/c1-7-4-3-5-11-9(7)6-8(2)10/h3-5,8H,6,10H2,1-2H3/t8-/m1/s1. The Bertz CT molecular complexity index is 231. The van der Waals surface area contributed by atoms with Crippen LogP contribution in [0.2, 0.25) is 0 Å². The van der Waals surface area contributed by atoms with Gasteiger partial charge in [-0.25, -0.2) is 0 Å². The van der Waals surface area contributed by atoms with Crippen molar-refractivity contribution in [2.75, 3.05) is 0 Å². The molecule has 0 unspecified atom stereocenters. The van der Waals surface area contributed by atoms with E-state index in [1.165, 1.54) is 5.56 Å². The Morgan fingerprint density at radius 3 is 2.91 bits per heavy atom. The zero-order chi connectivity index (χ0) is 8.27. The lowest BCUT2D eigenvalue weighted by atomic mass is 10.1. The normalized spacial score (nSPS) is 13.0. The molecule has 0 spiro atoms. The third-order valence-electron chi connectivity index (χ3n) is 1.63. The highest BCUT2D eigenvalue weighted by molar-refractivity contribution is 5.18. The van der Waals surface area contributed by atoms with Gasteiger partial charge in [0.25, 0.3) is 0 Å². The molecule has 2 N–H and O–H groups in total. The molecule has 0 aromatic carbocycles. The number of aryl methyl sites for hydroxylation is 1. The van der Waals surface area contributed by atoms with Crippen LogP contribution < -0.4 is 5.73 Å². The maximum Gasteiger partial charge on any atom is 0.0448 e. The summed E-state index contributed by atoms with van der Waals surface area (Å²) in [7, 11) is 0. The van der Waals surface area contributed by atoms with E-state index in [1.54, 1.807) is 0 Å². The Balaban J connectivity index is 2.78. The maximum absolute atomic E-state index is 5.65. The highest BCUT2D eigenvalue weighted by Gasteiger charge is 2.00. The number of hydrogen-bond donors (Lipinski definition) is 1. The SMILES string of the molecule is Cc1cccnc1C[C@@H](C)N. The van der Waals surface area contributed by atoms with Crippen LogP contribution in [0, 0.1) is 6.92 Å². The van der Waals surface area contributed by atoms with Crippen LogP contribution in [0.4, 0.5) is 0 Å². The quantitative estimate of drug-likeness (QED) is 0.689. The number of pyridine rings is 1. The van der Waals surface area contributed by atoms with Crippen molar-refractivity contribution < 1.29 is 0 Å². The molecule has 0 saturated heterocycles. The fraction of sp³-hybridized carbons (Fsp3) is 0.444. The summed E-state index contributed by atoms with van der Waals surface area (Å²) in [4.78, 5) is 4.24. The fourth-order valence-electron chi connectivity index (χ4n) is 1.04. The minimum atomic E-state index is 0.198. The topological polar surface area (TPSA) is 38.9 Å².